The molecule has 0 saturated carbocycles. The van der Waals surface area contributed by atoms with Crippen molar-refractivity contribution in [2.45, 2.75) is 61.3 Å². The molecule has 6 heteroatoms. The van der Waals surface area contributed by atoms with Crippen molar-refractivity contribution in [3.05, 3.63) is 97.1 Å². The minimum Gasteiger partial charge on any atom is -0.390 e. The van der Waals surface area contributed by atoms with E-state index in [1.165, 1.54) is 12.2 Å². The zero-order valence-corrected chi connectivity index (χ0v) is 18.2. The van der Waals surface area contributed by atoms with Gasteiger partial charge in [0.2, 0.25) is 0 Å². The normalized spacial score (nSPS) is 19.1. The first-order chi connectivity index (χ1) is 15.2. The first-order valence-electron chi connectivity index (χ1n) is 10.7. The van der Waals surface area contributed by atoms with Crippen LogP contribution in [0.1, 0.15) is 24.0 Å². The summed E-state index contributed by atoms with van der Waals surface area (Å²) in [6.07, 6.45) is -4.81. The maximum atomic E-state index is 11.2. The largest absolute Gasteiger partial charge is 0.390 e. The summed E-state index contributed by atoms with van der Waals surface area (Å²) in [6, 6.07) is 17.8. The van der Waals surface area contributed by atoms with Crippen molar-refractivity contribution in [1.82, 2.24) is 0 Å². The van der Waals surface area contributed by atoms with Gasteiger partial charge in [0.25, 0.3) is 0 Å². The van der Waals surface area contributed by atoms with Gasteiger partial charge in [-0.25, -0.2) is 0 Å². The monoisotopic (exact) mass is 442 g/mol. The lowest BCUT2D eigenvalue weighted by Gasteiger charge is -2.45. The highest BCUT2D eigenvalue weighted by molar-refractivity contribution is 5.20. The molecule has 0 aliphatic rings. The summed E-state index contributed by atoms with van der Waals surface area (Å²) in [5.41, 5.74) is -3.01. The average molecular weight is 443 g/mol. The second-order valence-electron chi connectivity index (χ2n) is 8.27. The van der Waals surface area contributed by atoms with Gasteiger partial charge in [-0.1, -0.05) is 72.8 Å². The Hall–Kier alpha value is -2.32. The van der Waals surface area contributed by atoms with Crippen LogP contribution in [0.2, 0.25) is 0 Å². The van der Waals surface area contributed by atoms with Gasteiger partial charge in [0.1, 0.15) is 23.4 Å². The zero-order valence-electron chi connectivity index (χ0n) is 18.2. The Kier molecular flexibility index (Phi) is 9.33. The molecule has 0 amide bonds. The fraction of sp³-hybridized carbons (Fsp3) is 0.385. The molecule has 2 rings (SSSR count). The smallest absolute Gasteiger partial charge is 0.123 e. The number of hydrogen-bond acceptors (Lipinski definition) is 6. The summed E-state index contributed by atoms with van der Waals surface area (Å²) in [4.78, 5) is 0. The number of benzene rings is 2. The van der Waals surface area contributed by atoms with Crippen LogP contribution in [0.3, 0.4) is 0 Å². The van der Waals surface area contributed by atoms with Crippen LogP contribution in [0, 0.1) is 0 Å². The highest BCUT2D eigenvalue weighted by atomic mass is 16.4. The Balaban J connectivity index is 2.31. The van der Waals surface area contributed by atoms with E-state index in [1.807, 2.05) is 12.1 Å². The molecule has 0 fully saturated rings. The zero-order chi connectivity index (χ0) is 23.8. The van der Waals surface area contributed by atoms with Gasteiger partial charge in [-0.05, 0) is 24.0 Å². The van der Waals surface area contributed by atoms with Gasteiger partial charge in [0.05, 0.1) is 12.2 Å². The van der Waals surface area contributed by atoms with Gasteiger partial charge in [-0.3, -0.25) is 0 Å². The van der Waals surface area contributed by atoms with E-state index in [9.17, 15) is 30.6 Å². The summed E-state index contributed by atoms with van der Waals surface area (Å²) < 4.78 is 0. The average Bonchev–Trinajstić information content (AvgIpc) is 2.79. The first kappa shape index (κ1) is 25.9. The molecule has 2 unspecified atom stereocenters. The Morgan fingerprint density at radius 1 is 0.625 bits per heavy atom. The van der Waals surface area contributed by atoms with Gasteiger partial charge in [0.15, 0.2) is 0 Å². The fourth-order valence-electron chi connectivity index (χ4n) is 3.95. The maximum Gasteiger partial charge on any atom is 0.123 e. The summed E-state index contributed by atoms with van der Waals surface area (Å²) in [7, 11) is 0. The van der Waals surface area contributed by atoms with Crippen LogP contribution >= 0.6 is 0 Å². The van der Waals surface area contributed by atoms with Crippen molar-refractivity contribution < 1.29 is 30.6 Å². The quantitative estimate of drug-likeness (QED) is 0.262. The molecule has 32 heavy (non-hydrogen) atoms. The second-order valence-corrected chi connectivity index (χ2v) is 8.27. The van der Waals surface area contributed by atoms with Crippen molar-refractivity contribution in [2.75, 3.05) is 0 Å². The molecule has 6 nitrogen and oxygen atoms in total. The fourth-order valence-corrected chi connectivity index (χ4v) is 3.95. The van der Waals surface area contributed by atoms with E-state index in [-0.39, 0.29) is 25.7 Å². The standard InChI is InChI=1S/C26H34O6/c1-3-15-25(31,21(27)17-19-11-7-5-8-12-19)23(29)24(30)26(32,16-4-2)22(28)18-20-13-9-6-10-14-20/h3-14,21-24,27-32H,1-2,15-18H2/t21?,22?,23-,24-,25+,26+/m0/s1. The Morgan fingerprint density at radius 2 is 0.938 bits per heavy atom. The molecular formula is C26H34O6. The molecule has 2 aromatic rings. The van der Waals surface area contributed by atoms with Crippen molar-refractivity contribution in [3.63, 3.8) is 0 Å². The Bertz CT molecular complexity index is 770. The summed E-state index contributed by atoms with van der Waals surface area (Å²) >= 11 is 0. The molecule has 174 valence electrons. The molecule has 0 aliphatic carbocycles. The van der Waals surface area contributed by atoms with Gasteiger partial charge in [-0.15, -0.1) is 13.2 Å². The molecule has 0 radical (unpaired) electrons. The van der Waals surface area contributed by atoms with Crippen molar-refractivity contribution in [1.29, 1.82) is 0 Å². The van der Waals surface area contributed by atoms with Crippen molar-refractivity contribution in [2.24, 2.45) is 0 Å². The van der Waals surface area contributed by atoms with E-state index in [0.29, 0.717) is 0 Å². The number of aliphatic hydroxyl groups excluding tert-OH is 4. The Labute approximate surface area is 189 Å². The predicted molar refractivity (Wildman–Crippen MR) is 124 cm³/mol. The van der Waals surface area contributed by atoms with Crippen molar-refractivity contribution >= 4 is 0 Å². The third kappa shape index (κ3) is 5.92. The van der Waals surface area contributed by atoms with Crippen LogP contribution in [0.25, 0.3) is 0 Å². The SMILES string of the molecule is C=CC[C@@](O)(C(O)Cc1ccccc1)[C@@H](O)[C@H](O)[C@@](O)(CC=C)C(O)Cc1ccccc1. The van der Waals surface area contributed by atoms with Gasteiger partial charge < -0.3 is 30.6 Å². The number of aliphatic hydroxyl groups is 6. The lowest BCUT2D eigenvalue weighted by atomic mass is 9.74. The molecule has 0 spiro atoms. The number of rotatable bonds is 13. The van der Waals surface area contributed by atoms with Crippen LogP contribution in [-0.2, 0) is 12.8 Å². The van der Waals surface area contributed by atoms with E-state index < -0.39 is 35.6 Å². The van der Waals surface area contributed by atoms with E-state index in [1.54, 1.807) is 48.5 Å². The molecule has 0 bridgehead atoms. The third-order valence-corrected chi connectivity index (χ3v) is 5.96. The summed E-state index contributed by atoms with van der Waals surface area (Å²) in [5.74, 6) is 0. The topological polar surface area (TPSA) is 121 Å². The maximum absolute atomic E-state index is 11.2. The lowest BCUT2D eigenvalue weighted by Crippen LogP contribution is -2.65. The van der Waals surface area contributed by atoms with Crippen LogP contribution in [0.4, 0.5) is 0 Å². The minimum atomic E-state index is -2.22. The van der Waals surface area contributed by atoms with Gasteiger partial charge in [0, 0.05) is 12.8 Å². The molecule has 2 aromatic carbocycles. The third-order valence-electron chi connectivity index (χ3n) is 5.96. The highest BCUT2D eigenvalue weighted by Crippen LogP contribution is 2.33. The molecule has 0 saturated heterocycles. The van der Waals surface area contributed by atoms with Gasteiger partial charge >= 0.3 is 0 Å². The summed E-state index contributed by atoms with van der Waals surface area (Å²) in [5, 5.41) is 66.0. The van der Waals surface area contributed by atoms with Crippen molar-refractivity contribution in [3.8, 4) is 0 Å². The molecular weight excluding hydrogens is 408 g/mol. The first-order valence-corrected chi connectivity index (χ1v) is 10.7. The van der Waals surface area contributed by atoms with Crippen LogP contribution in [-0.4, -0.2) is 66.3 Å². The van der Waals surface area contributed by atoms with E-state index in [4.69, 9.17) is 0 Å². The van der Waals surface area contributed by atoms with Crippen LogP contribution in [0.5, 0.6) is 0 Å². The van der Waals surface area contributed by atoms with E-state index >= 15 is 0 Å². The molecule has 0 aliphatic heterocycles. The van der Waals surface area contributed by atoms with Crippen LogP contribution in [0.15, 0.2) is 86.0 Å². The summed E-state index contributed by atoms with van der Waals surface area (Å²) in [6.45, 7) is 7.15. The molecule has 0 aromatic heterocycles. The van der Waals surface area contributed by atoms with E-state index in [0.717, 1.165) is 11.1 Å². The number of hydrogen-bond donors (Lipinski definition) is 6. The van der Waals surface area contributed by atoms with E-state index in [2.05, 4.69) is 13.2 Å². The second kappa shape index (κ2) is 11.5. The lowest BCUT2D eigenvalue weighted by molar-refractivity contribution is -0.231. The van der Waals surface area contributed by atoms with Crippen LogP contribution < -0.4 is 0 Å². The minimum absolute atomic E-state index is 0.00140. The molecule has 0 heterocycles. The predicted octanol–water partition coefficient (Wildman–Crippen LogP) is 1.53. The molecule has 6 atom stereocenters. The van der Waals surface area contributed by atoms with Gasteiger partial charge in [-0.2, -0.15) is 0 Å². The highest BCUT2D eigenvalue weighted by Gasteiger charge is 2.53. The Morgan fingerprint density at radius 3 is 1.22 bits per heavy atom. The molecule has 6 N–H and O–H groups in total.